The molecule has 6 nitrogen and oxygen atoms in total. The summed E-state index contributed by atoms with van der Waals surface area (Å²) in [5.74, 6) is 0. The van der Waals surface area contributed by atoms with Crippen molar-refractivity contribution in [2.24, 2.45) is 0 Å². The van der Waals surface area contributed by atoms with E-state index in [1.807, 2.05) is 12.1 Å². The van der Waals surface area contributed by atoms with Crippen molar-refractivity contribution in [3.8, 4) is 0 Å². The van der Waals surface area contributed by atoms with Gasteiger partial charge in [0.05, 0.1) is 13.2 Å². The largest absolute Gasteiger partial charge is 0.394 e. The van der Waals surface area contributed by atoms with Gasteiger partial charge in [-0.15, -0.1) is 0 Å². The Morgan fingerprint density at radius 1 is 0.857 bits per heavy atom. The van der Waals surface area contributed by atoms with E-state index in [2.05, 4.69) is 0 Å². The quantitative estimate of drug-likeness (QED) is 0.781. The third kappa shape index (κ3) is 4.20. The van der Waals surface area contributed by atoms with Gasteiger partial charge in [0.25, 0.3) is 0 Å². The minimum Gasteiger partial charge on any atom is -0.394 e. The fourth-order valence-electron chi connectivity index (χ4n) is 3.35. The van der Waals surface area contributed by atoms with Crippen molar-refractivity contribution < 1.29 is 29.2 Å². The first-order valence-corrected chi connectivity index (χ1v) is 9.68. The molecule has 4 rings (SSSR count). The summed E-state index contributed by atoms with van der Waals surface area (Å²) < 4.78 is 23.9. The normalized spacial score (nSPS) is 31.2. The Morgan fingerprint density at radius 3 is 2.00 bits per heavy atom. The molecule has 0 radical (unpaired) electrons. The summed E-state index contributed by atoms with van der Waals surface area (Å²) in [7, 11) is 0. The lowest BCUT2D eigenvalue weighted by Crippen LogP contribution is -2.58. The molecule has 2 N–H and O–H groups in total. The van der Waals surface area contributed by atoms with Crippen molar-refractivity contribution in [2.45, 2.75) is 37.0 Å². The monoisotopic (exact) mass is 426 g/mol. The van der Waals surface area contributed by atoms with Crippen LogP contribution >= 0.6 is 23.2 Å². The van der Waals surface area contributed by atoms with Crippen molar-refractivity contribution in [1.29, 1.82) is 0 Å². The van der Waals surface area contributed by atoms with E-state index in [9.17, 15) is 10.2 Å². The molecule has 6 atom stereocenters. The van der Waals surface area contributed by atoms with Gasteiger partial charge in [0, 0.05) is 21.2 Å². The molecule has 0 amide bonds. The molecule has 6 unspecified atom stereocenters. The molecule has 2 aromatic rings. The lowest BCUT2D eigenvalue weighted by Gasteiger charge is -2.47. The van der Waals surface area contributed by atoms with E-state index in [0.717, 1.165) is 11.1 Å². The van der Waals surface area contributed by atoms with Crippen LogP contribution in [0.1, 0.15) is 23.7 Å². The van der Waals surface area contributed by atoms with Gasteiger partial charge in [-0.1, -0.05) is 47.5 Å². The molecular formula is C20H20Cl2O6. The SMILES string of the molecule is OCC(O)C1OC(c2ccc(Cl)cc2)OC2COC(c3ccc(Cl)cc3)OC21. The number of halogens is 2. The molecule has 8 heteroatoms. The minimum absolute atomic E-state index is 0.250. The average molecular weight is 427 g/mol. The Bertz CT molecular complexity index is 782. The van der Waals surface area contributed by atoms with Gasteiger partial charge in [-0.05, 0) is 24.3 Å². The van der Waals surface area contributed by atoms with E-state index < -0.39 is 43.6 Å². The van der Waals surface area contributed by atoms with Crippen LogP contribution in [0.5, 0.6) is 0 Å². The highest BCUT2D eigenvalue weighted by atomic mass is 35.5. The summed E-state index contributed by atoms with van der Waals surface area (Å²) in [5.41, 5.74) is 1.54. The van der Waals surface area contributed by atoms with Crippen LogP contribution < -0.4 is 0 Å². The highest BCUT2D eigenvalue weighted by Gasteiger charge is 2.48. The van der Waals surface area contributed by atoms with Gasteiger partial charge in [-0.25, -0.2) is 0 Å². The van der Waals surface area contributed by atoms with Crippen molar-refractivity contribution in [1.82, 2.24) is 0 Å². The van der Waals surface area contributed by atoms with Gasteiger partial charge < -0.3 is 29.2 Å². The highest BCUT2D eigenvalue weighted by Crippen LogP contribution is 2.39. The van der Waals surface area contributed by atoms with E-state index in [0.29, 0.717) is 10.0 Å². The van der Waals surface area contributed by atoms with Crippen molar-refractivity contribution in [2.75, 3.05) is 13.2 Å². The van der Waals surface area contributed by atoms with Crippen LogP contribution in [0.4, 0.5) is 0 Å². The standard InChI is InChI=1S/C20H20Cl2O6/c21-13-5-1-11(2-6-13)19-25-10-16-18(28-19)17(15(24)9-23)27-20(26-16)12-3-7-14(22)8-4-12/h1-8,15-20,23-24H,9-10H2. The molecule has 2 heterocycles. The number of ether oxygens (including phenoxy) is 4. The van der Waals surface area contributed by atoms with Gasteiger partial charge in [0.1, 0.15) is 24.4 Å². The second-order valence-corrected chi connectivity index (χ2v) is 7.60. The number of aliphatic hydroxyl groups excluding tert-OH is 2. The molecular weight excluding hydrogens is 407 g/mol. The van der Waals surface area contributed by atoms with Crippen LogP contribution in [-0.4, -0.2) is 47.8 Å². The third-order valence-electron chi connectivity index (χ3n) is 4.81. The zero-order valence-electron chi connectivity index (χ0n) is 14.8. The van der Waals surface area contributed by atoms with Gasteiger partial charge in [-0.3, -0.25) is 0 Å². The first-order chi connectivity index (χ1) is 13.5. The molecule has 0 aliphatic carbocycles. The first kappa shape index (κ1) is 20.1. The second kappa shape index (κ2) is 8.65. The number of hydrogen-bond donors (Lipinski definition) is 2. The zero-order chi connectivity index (χ0) is 19.7. The van der Waals surface area contributed by atoms with E-state index in [-0.39, 0.29) is 6.61 Å². The summed E-state index contributed by atoms with van der Waals surface area (Å²) in [6.45, 7) is -0.211. The molecule has 0 aromatic heterocycles. The molecule has 150 valence electrons. The summed E-state index contributed by atoms with van der Waals surface area (Å²) >= 11 is 11.9. The first-order valence-electron chi connectivity index (χ1n) is 8.93. The predicted molar refractivity (Wildman–Crippen MR) is 102 cm³/mol. The Kier molecular flexibility index (Phi) is 6.20. The van der Waals surface area contributed by atoms with Crippen LogP contribution in [0, 0.1) is 0 Å². The van der Waals surface area contributed by atoms with Gasteiger partial charge in [-0.2, -0.15) is 0 Å². The fourth-order valence-corrected chi connectivity index (χ4v) is 3.60. The minimum atomic E-state index is -1.13. The van der Waals surface area contributed by atoms with E-state index in [4.69, 9.17) is 42.1 Å². The Hall–Kier alpha value is -1.22. The summed E-state index contributed by atoms with van der Waals surface area (Å²) in [5, 5.41) is 21.0. The average Bonchev–Trinajstić information content (AvgIpc) is 2.73. The maximum absolute atomic E-state index is 10.3. The topological polar surface area (TPSA) is 77.4 Å². The van der Waals surface area contributed by atoms with Crippen LogP contribution in [0.2, 0.25) is 10.0 Å². The molecule has 2 fully saturated rings. The number of rotatable bonds is 4. The number of aliphatic hydroxyl groups is 2. The summed E-state index contributed by atoms with van der Waals surface area (Å²) in [6, 6.07) is 14.2. The van der Waals surface area contributed by atoms with Crippen molar-refractivity contribution >= 4 is 23.2 Å². The number of benzene rings is 2. The number of fused-ring (bicyclic) bond motifs is 1. The Labute approximate surface area is 172 Å². The Balaban J connectivity index is 1.55. The molecule has 2 aliphatic rings. The smallest absolute Gasteiger partial charge is 0.184 e. The zero-order valence-corrected chi connectivity index (χ0v) is 16.3. The van der Waals surface area contributed by atoms with Gasteiger partial charge >= 0.3 is 0 Å². The Morgan fingerprint density at radius 2 is 1.43 bits per heavy atom. The van der Waals surface area contributed by atoms with Crippen molar-refractivity contribution in [3.05, 3.63) is 69.7 Å². The van der Waals surface area contributed by atoms with Crippen LogP contribution in [0.15, 0.2) is 48.5 Å². The molecule has 2 saturated heterocycles. The predicted octanol–water partition coefficient (Wildman–Crippen LogP) is 3.24. The number of hydrogen-bond acceptors (Lipinski definition) is 6. The van der Waals surface area contributed by atoms with Crippen molar-refractivity contribution in [3.63, 3.8) is 0 Å². The molecule has 0 bridgehead atoms. The van der Waals surface area contributed by atoms with Crippen LogP contribution in [0.3, 0.4) is 0 Å². The van der Waals surface area contributed by atoms with E-state index >= 15 is 0 Å². The lowest BCUT2D eigenvalue weighted by atomic mass is 9.99. The molecule has 2 aromatic carbocycles. The summed E-state index contributed by atoms with van der Waals surface area (Å²) in [6.07, 6.45) is -4.38. The maximum atomic E-state index is 10.3. The molecule has 2 aliphatic heterocycles. The molecule has 0 spiro atoms. The van der Waals surface area contributed by atoms with E-state index in [1.54, 1.807) is 36.4 Å². The van der Waals surface area contributed by atoms with Crippen LogP contribution in [0.25, 0.3) is 0 Å². The van der Waals surface area contributed by atoms with Gasteiger partial charge in [0.2, 0.25) is 0 Å². The molecule has 28 heavy (non-hydrogen) atoms. The highest BCUT2D eigenvalue weighted by molar-refractivity contribution is 6.30. The van der Waals surface area contributed by atoms with E-state index in [1.165, 1.54) is 0 Å². The third-order valence-corrected chi connectivity index (χ3v) is 5.32. The lowest BCUT2D eigenvalue weighted by molar-refractivity contribution is -0.373. The molecule has 0 saturated carbocycles. The van der Waals surface area contributed by atoms with Crippen LogP contribution in [-0.2, 0) is 18.9 Å². The maximum Gasteiger partial charge on any atom is 0.184 e. The second-order valence-electron chi connectivity index (χ2n) is 6.73. The summed E-state index contributed by atoms with van der Waals surface area (Å²) in [4.78, 5) is 0. The van der Waals surface area contributed by atoms with Gasteiger partial charge in [0.15, 0.2) is 12.6 Å². The fraction of sp³-hybridized carbons (Fsp3) is 0.400.